The fourth-order valence-corrected chi connectivity index (χ4v) is 4.08. The average molecular weight is 295 g/mol. The van der Waals surface area contributed by atoms with Crippen molar-refractivity contribution >= 4 is 58.5 Å². The maximum atomic E-state index is 5.69. The molecule has 1 heterocycles. The van der Waals surface area contributed by atoms with Crippen molar-refractivity contribution in [1.29, 1.82) is 0 Å². The van der Waals surface area contributed by atoms with Gasteiger partial charge in [-0.15, -0.1) is 0 Å². The summed E-state index contributed by atoms with van der Waals surface area (Å²) in [6, 6.07) is 0. The molecule has 0 spiro atoms. The van der Waals surface area contributed by atoms with Crippen molar-refractivity contribution < 1.29 is 0 Å². The van der Waals surface area contributed by atoms with E-state index >= 15 is 0 Å². The standard InChI is InChI=1S/C5H2Cl3I/c6-3-1-4(7)9-5(8)2-3/h1-2H. The molecule has 1 rings (SSSR count). The Morgan fingerprint density at radius 2 is 1.78 bits per heavy atom. The van der Waals surface area contributed by atoms with E-state index in [1.54, 1.807) is 12.2 Å². The molecule has 0 fully saturated rings. The van der Waals surface area contributed by atoms with Gasteiger partial charge in [0, 0.05) is 5.03 Å². The predicted molar refractivity (Wildman–Crippen MR) is 52.8 cm³/mol. The van der Waals surface area contributed by atoms with Crippen LogP contribution >= 0.6 is 55.5 Å². The minimum Gasteiger partial charge on any atom is -0.0842 e. The highest BCUT2D eigenvalue weighted by Crippen LogP contribution is 2.29. The zero-order valence-electron chi connectivity index (χ0n) is 4.17. The van der Waals surface area contributed by atoms with Gasteiger partial charge in [-0.1, -0.05) is 55.5 Å². The minimum atomic E-state index is -0.290. The van der Waals surface area contributed by atoms with Crippen LogP contribution in [-0.2, 0) is 0 Å². The molecule has 0 radical (unpaired) electrons. The van der Waals surface area contributed by atoms with Gasteiger partial charge in [-0.25, -0.2) is 0 Å². The molecule has 1 aliphatic heterocycles. The Hall–Kier alpha value is 0.950. The van der Waals surface area contributed by atoms with Crippen molar-refractivity contribution in [3.05, 3.63) is 20.2 Å². The van der Waals surface area contributed by atoms with Gasteiger partial charge in [0.15, 0.2) is 0 Å². The third-order valence-electron chi connectivity index (χ3n) is 0.675. The van der Waals surface area contributed by atoms with E-state index in [2.05, 4.69) is 0 Å². The van der Waals surface area contributed by atoms with Gasteiger partial charge in [0.2, 0.25) is 0 Å². The molecule has 0 bridgehead atoms. The van der Waals surface area contributed by atoms with Crippen LogP contribution in [0.4, 0.5) is 0 Å². The third-order valence-corrected chi connectivity index (χ3v) is 3.72. The van der Waals surface area contributed by atoms with E-state index in [0.29, 0.717) is 5.03 Å². The van der Waals surface area contributed by atoms with E-state index in [4.69, 9.17) is 34.8 Å². The van der Waals surface area contributed by atoms with Crippen LogP contribution in [0.3, 0.4) is 0 Å². The van der Waals surface area contributed by atoms with Crippen molar-refractivity contribution in [2.24, 2.45) is 0 Å². The van der Waals surface area contributed by atoms with Crippen LogP contribution in [0.5, 0.6) is 0 Å². The Labute approximate surface area is 78.2 Å². The fraction of sp³-hybridized carbons (Fsp3) is 0. The lowest BCUT2D eigenvalue weighted by molar-refractivity contribution is 1.96. The summed E-state index contributed by atoms with van der Waals surface area (Å²) in [5.41, 5.74) is 0. The number of hydrogen-bond acceptors (Lipinski definition) is 0. The zero-order valence-corrected chi connectivity index (χ0v) is 8.59. The first kappa shape index (κ1) is 8.05. The molecule has 4 heteroatoms. The second kappa shape index (κ2) is 3.37. The molecule has 0 aliphatic carbocycles. The molecule has 0 nitrogen and oxygen atoms in total. The van der Waals surface area contributed by atoms with Gasteiger partial charge < -0.3 is 0 Å². The first-order chi connectivity index (χ1) is 4.18. The van der Waals surface area contributed by atoms with Crippen molar-refractivity contribution in [2.75, 3.05) is 0 Å². The van der Waals surface area contributed by atoms with Gasteiger partial charge in [-0.2, -0.15) is 0 Å². The molecular formula is C5H2Cl3I. The van der Waals surface area contributed by atoms with Crippen molar-refractivity contribution in [3.63, 3.8) is 0 Å². The Morgan fingerprint density at radius 3 is 2.22 bits per heavy atom. The summed E-state index contributed by atoms with van der Waals surface area (Å²) in [4.78, 5) is 0. The SMILES string of the molecule is ClC1=CC(Cl)=IC(Cl)=C1. The van der Waals surface area contributed by atoms with Crippen LogP contribution in [-0.4, -0.2) is 2.97 Å². The lowest BCUT2D eigenvalue weighted by Crippen LogP contribution is -1.79. The number of rotatable bonds is 0. The minimum absolute atomic E-state index is 0.290. The summed E-state index contributed by atoms with van der Waals surface area (Å²) in [6.07, 6.45) is 3.48. The highest BCUT2D eigenvalue weighted by molar-refractivity contribution is 14.2. The average Bonchev–Trinajstić information content (AvgIpc) is 1.59. The molecule has 0 unspecified atom stereocenters. The Bertz CT molecular complexity index is 168. The molecule has 1 aliphatic rings. The topological polar surface area (TPSA) is 0 Å². The maximum absolute atomic E-state index is 5.69. The van der Waals surface area contributed by atoms with Crippen LogP contribution < -0.4 is 0 Å². The predicted octanol–water partition coefficient (Wildman–Crippen LogP) is 3.54. The van der Waals surface area contributed by atoms with Gasteiger partial charge in [-0.3, -0.25) is 0 Å². The monoisotopic (exact) mass is 294 g/mol. The first-order valence-corrected chi connectivity index (χ1v) is 5.39. The van der Waals surface area contributed by atoms with Gasteiger partial charge in [0.1, 0.15) is 0 Å². The van der Waals surface area contributed by atoms with Crippen molar-refractivity contribution in [1.82, 2.24) is 0 Å². The van der Waals surface area contributed by atoms with E-state index < -0.39 is 0 Å². The van der Waals surface area contributed by atoms with E-state index in [-0.39, 0.29) is 20.7 Å². The summed E-state index contributed by atoms with van der Waals surface area (Å²) in [6.45, 7) is 0. The highest BCUT2D eigenvalue weighted by atomic mass is 127. The van der Waals surface area contributed by atoms with Gasteiger partial charge in [-0.05, 0) is 12.2 Å². The van der Waals surface area contributed by atoms with Crippen molar-refractivity contribution in [3.8, 4) is 0 Å². The van der Waals surface area contributed by atoms with Crippen LogP contribution in [0.2, 0.25) is 0 Å². The summed E-state index contributed by atoms with van der Waals surface area (Å²) in [5.74, 6) is 0. The summed E-state index contributed by atoms with van der Waals surface area (Å²) in [5, 5.41) is 0.621. The molecule has 0 saturated carbocycles. The largest absolute Gasteiger partial charge is 0.0842 e. The molecular weight excluding hydrogens is 293 g/mol. The van der Waals surface area contributed by atoms with E-state index in [1.165, 1.54) is 0 Å². The molecule has 0 aromatic rings. The molecule has 0 atom stereocenters. The van der Waals surface area contributed by atoms with Gasteiger partial charge >= 0.3 is 0 Å². The van der Waals surface area contributed by atoms with Gasteiger partial charge in [0.05, 0.1) is 6.01 Å². The van der Waals surface area contributed by atoms with Crippen molar-refractivity contribution in [2.45, 2.75) is 0 Å². The highest BCUT2D eigenvalue weighted by Gasteiger charge is 2.00. The summed E-state index contributed by atoms with van der Waals surface area (Å²) in [7, 11) is 0. The second-order valence-electron chi connectivity index (χ2n) is 1.35. The second-order valence-corrected chi connectivity index (χ2v) is 6.74. The molecule has 50 valence electrons. The van der Waals surface area contributed by atoms with E-state index in [0.717, 1.165) is 6.01 Å². The summed E-state index contributed by atoms with van der Waals surface area (Å²) >= 11 is 16.7. The van der Waals surface area contributed by atoms with Crippen LogP contribution in [0, 0.1) is 0 Å². The maximum Gasteiger partial charge on any atom is 0.0763 e. The zero-order chi connectivity index (χ0) is 6.85. The van der Waals surface area contributed by atoms with Gasteiger partial charge in [0.25, 0.3) is 0 Å². The van der Waals surface area contributed by atoms with E-state index in [9.17, 15) is 0 Å². The molecule has 0 amide bonds. The normalized spacial score (nSPS) is 19.2. The summed E-state index contributed by atoms with van der Waals surface area (Å²) < 4.78 is 1.60. The molecule has 0 aromatic heterocycles. The Morgan fingerprint density at radius 1 is 1.11 bits per heavy atom. The number of allylic oxidation sites excluding steroid dienone is 3. The number of halogens is 4. The lowest BCUT2D eigenvalue weighted by atomic mass is 10.5. The van der Waals surface area contributed by atoms with E-state index in [1.807, 2.05) is 0 Å². The molecule has 0 aromatic carbocycles. The Kier molecular flexibility index (Phi) is 3.02. The molecule has 0 N–H and O–H groups in total. The lowest BCUT2D eigenvalue weighted by Gasteiger charge is -1.97. The third kappa shape index (κ3) is 2.58. The number of hydrogen-bond donors (Lipinski definition) is 0. The van der Waals surface area contributed by atoms with Crippen LogP contribution in [0.1, 0.15) is 0 Å². The first-order valence-electron chi connectivity index (χ1n) is 2.10. The smallest absolute Gasteiger partial charge is 0.0763 e. The fourth-order valence-electron chi connectivity index (χ4n) is 0.391. The quantitative estimate of drug-likeness (QED) is 0.600. The van der Waals surface area contributed by atoms with Crippen LogP contribution in [0.25, 0.3) is 0 Å². The molecule has 9 heavy (non-hydrogen) atoms. The van der Waals surface area contributed by atoms with Crippen LogP contribution in [0.15, 0.2) is 20.2 Å². The molecule has 0 saturated heterocycles. The Balaban J connectivity index is 2.98.